The summed E-state index contributed by atoms with van der Waals surface area (Å²) < 4.78 is 6.54. The van der Waals surface area contributed by atoms with Crippen molar-refractivity contribution in [2.75, 3.05) is 33.3 Å². The minimum absolute atomic E-state index is 0.0544. The van der Waals surface area contributed by atoms with Gasteiger partial charge in [-0.05, 0) is 37.7 Å². The summed E-state index contributed by atoms with van der Waals surface area (Å²) in [4.78, 5) is 14.3. The first kappa shape index (κ1) is 14.5. The van der Waals surface area contributed by atoms with Gasteiger partial charge < -0.3 is 15.0 Å². The summed E-state index contributed by atoms with van der Waals surface area (Å²) in [5.74, 6) is -0.0544. The fourth-order valence-corrected chi connectivity index (χ4v) is 2.77. The Morgan fingerprint density at radius 2 is 2.32 bits per heavy atom. The molecule has 1 aliphatic rings. The Hall–Kier alpha value is -0.910. The van der Waals surface area contributed by atoms with E-state index in [-0.39, 0.29) is 12.0 Å². The van der Waals surface area contributed by atoms with Crippen molar-refractivity contribution in [1.82, 2.24) is 10.2 Å². The number of ether oxygens (including phenoxy) is 1. The second kappa shape index (κ2) is 6.50. The third-order valence-corrected chi connectivity index (χ3v) is 3.59. The Morgan fingerprint density at radius 1 is 1.53 bits per heavy atom. The summed E-state index contributed by atoms with van der Waals surface area (Å²) in [7, 11) is 2.06. The zero-order valence-corrected chi connectivity index (χ0v) is 12.9. The molecule has 0 bridgehead atoms. The van der Waals surface area contributed by atoms with Gasteiger partial charge in [0.1, 0.15) is 0 Å². The molecular weight excluding hydrogens is 308 g/mol. The van der Waals surface area contributed by atoms with Crippen LogP contribution in [0.3, 0.4) is 0 Å². The highest BCUT2D eigenvalue weighted by molar-refractivity contribution is 9.10. The normalized spacial score (nSPS) is 20.3. The lowest BCUT2D eigenvalue weighted by Crippen LogP contribution is -2.45. The maximum atomic E-state index is 12.1. The van der Waals surface area contributed by atoms with E-state index in [1.807, 2.05) is 25.1 Å². The minimum atomic E-state index is -0.0544. The standard InChI is InChI=1S/C14H19BrN2O2/c1-10-5-11(7-12(15)6-10)14(18)16-8-13-9-17(2)3-4-19-13/h5-7,13H,3-4,8-9H2,1-2H3,(H,16,18). The van der Waals surface area contributed by atoms with Crippen LogP contribution in [0.4, 0.5) is 0 Å². The van der Waals surface area contributed by atoms with Crippen LogP contribution >= 0.6 is 15.9 Å². The second-order valence-electron chi connectivity index (χ2n) is 4.98. The molecule has 1 N–H and O–H groups in total. The molecule has 1 fully saturated rings. The molecule has 104 valence electrons. The molecule has 1 unspecified atom stereocenters. The fraction of sp³-hybridized carbons (Fsp3) is 0.500. The van der Waals surface area contributed by atoms with Gasteiger partial charge in [-0.2, -0.15) is 0 Å². The number of hydrogen-bond donors (Lipinski definition) is 1. The monoisotopic (exact) mass is 326 g/mol. The van der Waals surface area contributed by atoms with Crippen LogP contribution < -0.4 is 5.32 Å². The third-order valence-electron chi connectivity index (χ3n) is 3.14. The lowest BCUT2D eigenvalue weighted by atomic mass is 10.1. The van der Waals surface area contributed by atoms with Crippen LogP contribution in [-0.2, 0) is 4.74 Å². The average Bonchev–Trinajstić information content (AvgIpc) is 2.35. The van der Waals surface area contributed by atoms with Gasteiger partial charge in [0.15, 0.2) is 0 Å². The minimum Gasteiger partial charge on any atom is -0.374 e. The van der Waals surface area contributed by atoms with Crippen LogP contribution in [0.2, 0.25) is 0 Å². The summed E-state index contributed by atoms with van der Waals surface area (Å²) in [6.45, 7) is 5.07. The number of carbonyl (C=O) groups is 1. The molecule has 5 heteroatoms. The van der Waals surface area contributed by atoms with E-state index < -0.39 is 0 Å². The van der Waals surface area contributed by atoms with E-state index in [4.69, 9.17) is 4.74 Å². The highest BCUT2D eigenvalue weighted by Crippen LogP contribution is 2.15. The smallest absolute Gasteiger partial charge is 0.251 e. The molecule has 0 spiro atoms. The number of rotatable bonds is 3. The number of carbonyl (C=O) groups excluding carboxylic acids is 1. The molecular formula is C14H19BrN2O2. The first-order chi connectivity index (χ1) is 9.04. The molecule has 0 saturated carbocycles. The van der Waals surface area contributed by atoms with Crippen LogP contribution in [0.5, 0.6) is 0 Å². The van der Waals surface area contributed by atoms with Crippen molar-refractivity contribution < 1.29 is 9.53 Å². The van der Waals surface area contributed by atoms with Crippen molar-refractivity contribution in [3.8, 4) is 0 Å². The number of morpholine rings is 1. The van der Waals surface area contributed by atoms with E-state index in [1.54, 1.807) is 0 Å². The summed E-state index contributed by atoms with van der Waals surface area (Å²) in [5.41, 5.74) is 1.74. The van der Waals surface area contributed by atoms with Gasteiger partial charge in [0.2, 0.25) is 0 Å². The molecule has 1 aromatic rings. The van der Waals surface area contributed by atoms with Gasteiger partial charge in [-0.25, -0.2) is 0 Å². The quantitative estimate of drug-likeness (QED) is 0.921. The first-order valence-electron chi connectivity index (χ1n) is 6.40. The summed E-state index contributed by atoms with van der Waals surface area (Å²) in [6.07, 6.45) is 0.0796. The molecule has 19 heavy (non-hydrogen) atoms. The van der Waals surface area contributed by atoms with Crippen LogP contribution in [0, 0.1) is 6.92 Å². The first-order valence-corrected chi connectivity index (χ1v) is 7.19. The van der Waals surface area contributed by atoms with Gasteiger partial charge in [0.05, 0.1) is 12.7 Å². The third kappa shape index (κ3) is 4.30. The highest BCUT2D eigenvalue weighted by atomic mass is 79.9. The largest absolute Gasteiger partial charge is 0.374 e. The Labute approximate surface area is 122 Å². The summed E-state index contributed by atoms with van der Waals surface area (Å²) in [6, 6.07) is 5.69. The molecule has 1 aromatic carbocycles. The van der Waals surface area contributed by atoms with Gasteiger partial charge in [-0.3, -0.25) is 4.79 Å². The molecule has 1 amide bonds. The van der Waals surface area contributed by atoms with Crippen molar-refractivity contribution in [1.29, 1.82) is 0 Å². The number of hydrogen-bond acceptors (Lipinski definition) is 3. The predicted octanol–water partition coefficient (Wildman–Crippen LogP) is 1.82. The lowest BCUT2D eigenvalue weighted by Gasteiger charge is -2.30. The van der Waals surface area contributed by atoms with Gasteiger partial charge in [0, 0.05) is 29.7 Å². The zero-order chi connectivity index (χ0) is 13.8. The topological polar surface area (TPSA) is 41.6 Å². The van der Waals surface area contributed by atoms with Crippen molar-refractivity contribution in [3.63, 3.8) is 0 Å². The Balaban J connectivity index is 1.90. The van der Waals surface area contributed by atoms with Crippen LogP contribution in [0.25, 0.3) is 0 Å². The molecule has 1 atom stereocenters. The van der Waals surface area contributed by atoms with Crippen molar-refractivity contribution in [2.45, 2.75) is 13.0 Å². The number of aryl methyl sites for hydroxylation is 1. The Bertz CT molecular complexity index is 445. The Kier molecular flexibility index (Phi) is 4.96. The highest BCUT2D eigenvalue weighted by Gasteiger charge is 2.18. The molecule has 0 radical (unpaired) electrons. The fourth-order valence-electron chi connectivity index (χ4n) is 2.17. The number of halogens is 1. The van der Waals surface area contributed by atoms with Gasteiger partial charge in [0.25, 0.3) is 5.91 Å². The number of benzene rings is 1. The maximum absolute atomic E-state index is 12.1. The molecule has 2 rings (SSSR count). The number of amides is 1. The molecule has 1 heterocycles. The average molecular weight is 327 g/mol. The summed E-state index contributed by atoms with van der Waals surface area (Å²) >= 11 is 3.41. The van der Waals surface area contributed by atoms with Crippen LogP contribution in [-0.4, -0.2) is 50.2 Å². The van der Waals surface area contributed by atoms with E-state index in [2.05, 4.69) is 33.2 Å². The second-order valence-corrected chi connectivity index (χ2v) is 5.90. The maximum Gasteiger partial charge on any atom is 0.251 e. The lowest BCUT2D eigenvalue weighted by molar-refractivity contribution is -0.0175. The SMILES string of the molecule is Cc1cc(Br)cc(C(=O)NCC2CN(C)CCO2)c1. The van der Waals surface area contributed by atoms with E-state index in [9.17, 15) is 4.79 Å². The predicted molar refractivity (Wildman–Crippen MR) is 78.4 cm³/mol. The van der Waals surface area contributed by atoms with Crippen molar-refractivity contribution >= 4 is 21.8 Å². The Morgan fingerprint density at radius 3 is 3.00 bits per heavy atom. The number of likely N-dealkylation sites (N-methyl/N-ethyl adjacent to an activating group) is 1. The summed E-state index contributed by atoms with van der Waals surface area (Å²) in [5, 5.41) is 2.93. The van der Waals surface area contributed by atoms with Gasteiger partial charge in [-0.15, -0.1) is 0 Å². The van der Waals surface area contributed by atoms with E-state index in [1.165, 1.54) is 0 Å². The van der Waals surface area contributed by atoms with Gasteiger partial charge in [-0.1, -0.05) is 15.9 Å². The van der Waals surface area contributed by atoms with Crippen molar-refractivity contribution in [3.05, 3.63) is 33.8 Å². The van der Waals surface area contributed by atoms with Crippen LogP contribution in [0.1, 0.15) is 15.9 Å². The molecule has 0 aromatic heterocycles. The van der Waals surface area contributed by atoms with E-state index >= 15 is 0 Å². The zero-order valence-electron chi connectivity index (χ0n) is 11.3. The van der Waals surface area contributed by atoms with Crippen molar-refractivity contribution in [2.24, 2.45) is 0 Å². The molecule has 4 nitrogen and oxygen atoms in total. The number of nitrogens with one attached hydrogen (secondary N) is 1. The van der Waals surface area contributed by atoms with Crippen LogP contribution in [0.15, 0.2) is 22.7 Å². The van der Waals surface area contributed by atoms with E-state index in [0.29, 0.717) is 12.1 Å². The number of nitrogens with zero attached hydrogens (tertiary/aromatic N) is 1. The molecule has 1 saturated heterocycles. The molecule has 0 aliphatic carbocycles. The molecule has 1 aliphatic heterocycles. The van der Waals surface area contributed by atoms with Gasteiger partial charge >= 0.3 is 0 Å². The van der Waals surface area contributed by atoms with E-state index in [0.717, 1.165) is 29.7 Å².